The molecule has 0 saturated heterocycles. The van der Waals surface area contributed by atoms with Crippen molar-refractivity contribution >= 4 is 40.2 Å². The number of hydrogen-bond acceptors (Lipinski definition) is 2. The van der Waals surface area contributed by atoms with Crippen molar-refractivity contribution in [1.82, 2.24) is 4.98 Å². The third-order valence-electron chi connectivity index (χ3n) is 1.61. The van der Waals surface area contributed by atoms with Crippen LogP contribution in [0.3, 0.4) is 0 Å². The highest BCUT2D eigenvalue weighted by Gasteiger charge is 2.18. The molecule has 0 saturated carbocycles. The van der Waals surface area contributed by atoms with Gasteiger partial charge in [-0.15, -0.1) is 0 Å². The van der Waals surface area contributed by atoms with Gasteiger partial charge in [0.2, 0.25) is 0 Å². The number of pyridine rings is 1. The van der Waals surface area contributed by atoms with Crippen molar-refractivity contribution in [3.63, 3.8) is 0 Å². The zero-order valence-electron chi connectivity index (χ0n) is 7.18. The Bertz CT molecular complexity index is 400. The lowest BCUT2D eigenvalue weighted by Gasteiger charge is -2.07. The summed E-state index contributed by atoms with van der Waals surface area (Å²) in [7, 11) is 0. The number of carboxylic acid groups (broad SMARTS) is 1. The van der Waals surface area contributed by atoms with Crippen LogP contribution in [0.2, 0.25) is 5.02 Å². The Labute approximate surface area is 103 Å². The lowest BCUT2D eigenvalue weighted by Crippen LogP contribution is -2.05. The normalized spacial score (nSPS) is 10.7. The summed E-state index contributed by atoms with van der Waals surface area (Å²) in [5.74, 6) is -1.11. The molecule has 0 spiro atoms. The van der Waals surface area contributed by atoms with E-state index in [0.717, 1.165) is 6.20 Å². The summed E-state index contributed by atoms with van der Waals surface area (Å²) >= 11 is 7.37. The maximum absolute atomic E-state index is 12.4. The van der Waals surface area contributed by atoms with Gasteiger partial charge in [0.25, 0.3) is 6.43 Å². The van der Waals surface area contributed by atoms with Gasteiger partial charge in [0.15, 0.2) is 0 Å². The fourth-order valence-corrected chi connectivity index (χ4v) is 1.84. The van der Waals surface area contributed by atoms with Crippen molar-refractivity contribution in [3.8, 4) is 0 Å². The number of carboxylic acids is 1. The number of hydrogen-bond donors (Lipinski definition) is 1. The van der Waals surface area contributed by atoms with Crippen LogP contribution >= 0.6 is 34.2 Å². The summed E-state index contributed by atoms with van der Waals surface area (Å²) in [4.78, 5) is 14.0. The second-order valence-electron chi connectivity index (χ2n) is 2.66. The average Bonchev–Trinajstić information content (AvgIpc) is 2.12. The van der Waals surface area contributed by atoms with E-state index in [9.17, 15) is 13.6 Å². The Morgan fingerprint density at radius 3 is 2.73 bits per heavy atom. The number of carbonyl (C=O) groups is 1. The van der Waals surface area contributed by atoms with Gasteiger partial charge in [-0.05, 0) is 22.6 Å². The highest BCUT2D eigenvalue weighted by Crippen LogP contribution is 2.30. The third-order valence-corrected chi connectivity index (χ3v) is 3.50. The zero-order chi connectivity index (χ0) is 11.6. The largest absolute Gasteiger partial charge is 0.481 e. The number of rotatable bonds is 3. The van der Waals surface area contributed by atoms with Crippen LogP contribution in [0.15, 0.2) is 6.20 Å². The molecule has 0 bridgehead atoms. The van der Waals surface area contributed by atoms with E-state index in [1.807, 2.05) is 0 Å². The first-order valence-electron chi connectivity index (χ1n) is 3.76. The Morgan fingerprint density at radius 1 is 1.67 bits per heavy atom. The maximum Gasteiger partial charge on any atom is 0.309 e. The van der Waals surface area contributed by atoms with Crippen molar-refractivity contribution in [2.24, 2.45) is 0 Å². The number of nitrogens with zero attached hydrogens (tertiary/aromatic N) is 1. The quantitative estimate of drug-likeness (QED) is 0.856. The topological polar surface area (TPSA) is 50.2 Å². The van der Waals surface area contributed by atoms with E-state index in [4.69, 9.17) is 16.7 Å². The first-order chi connectivity index (χ1) is 6.93. The minimum absolute atomic E-state index is 0.0178. The lowest BCUT2D eigenvalue weighted by molar-refractivity contribution is -0.136. The van der Waals surface area contributed by atoms with E-state index in [1.165, 1.54) is 0 Å². The molecule has 0 unspecified atom stereocenters. The molecule has 0 fully saturated rings. The van der Waals surface area contributed by atoms with Crippen LogP contribution in [0.1, 0.15) is 17.7 Å². The number of aromatic nitrogens is 1. The molecule has 7 heteroatoms. The van der Waals surface area contributed by atoms with Gasteiger partial charge >= 0.3 is 5.97 Å². The van der Waals surface area contributed by atoms with Gasteiger partial charge in [-0.2, -0.15) is 0 Å². The Balaban J connectivity index is 3.15. The van der Waals surface area contributed by atoms with E-state index < -0.39 is 12.4 Å². The second-order valence-corrected chi connectivity index (χ2v) is 4.12. The highest BCUT2D eigenvalue weighted by atomic mass is 127. The van der Waals surface area contributed by atoms with Gasteiger partial charge in [-0.1, -0.05) is 11.6 Å². The fraction of sp³-hybridized carbons (Fsp3) is 0.250. The molecule has 0 aliphatic rings. The van der Waals surface area contributed by atoms with Crippen LogP contribution in [0.5, 0.6) is 0 Å². The average molecular weight is 347 g/mol. The summed E-state index contributed by atoms with van der Waals surface area (Å²) in [6.07, 6.45) is -2.09. The molecular formula is C8H5ClF2INO2. The van der Waals surface area contributed by atoms with Gasteiger partial charge in [-0.3, -0.25) is 9.78 Å². The minimum Gasteiger partial charge on any atom is -0.481 e. The summed E-state index contributed by atoms with van der Waals surface area (Å²) in [5, 5.41) is 8.49. The summed E-state index contributed by atoms with van der Waals surface area (Å²) in [6, 6.07) is 0. The molecule has 0 aliphatic heterocycles. The smallest absolute Gasteiger partial charge is 0.309 e. The molecule has 1 aromatic heterocycles. The predicted octanol–water partition coefficient (Wildman–Crippen LogP) is 2.90. The first kappa shape index (κ1) is 12.6. The monoisotopic (exact) mass is 347 g/mol. The SMILES string of the molecule is O=C(O)Cc1ncc(C(F)F)c(I)c1Cl. The molecule has 1 aromatic rings. The van der Waals surface area contributed by atoms with Gasteiger partial charge in [-0.25, -0.2) is 8.78 Å². The standard InChI is InChI=1S/C8H5ClF2INO2/c9-6-4(1-5(14)15)13-2-3(7(6)12)8(10)11/h2,8H,1H2,(H,14,15). The molecule has 0 atom stereocenters. The van der Waals surface area contributed by atoms with Crippen LogP contribution in [-0.2, 0) is 11.2 Å². The molecular weight excluding hydrogens is 342 g/mol. The van der Waals surface area contributed by atoms with Gasteiger partial charge in [0, 0.05) is 9.77 Å². The molecule has 3 nitrogen and oxygen atoms in total. The molecule has 0 aliphatic carbocycles. The zero-order valence-corrected chi connectivity index (χ0v) is 10.1. The summed E-state index contributed by atoms with van der Waals surface area (Å²) in [6.45, 7) is 0. The van der Waals surface area contributed by atoms with E-state index in [0.29, 0.717) is 0 Å². The molecule has 1 rings (SSSR count). The fourth-order valence-electron chi connectivity index (χ4n) is 0.933. The van der Waals surface area contributed by atoms with Gasteiger partial charge in [0.05, 0.1) is 22.7 Å². The van der Waals surface area contributed by atoms with Crippen LogP contribution in [-0.4, -0.2) is 16.1 Å². The molecule has 1 N–H and O–H groups in total. The molecule has 15 heavy (non-hydrogen) atoms. The van der Waals surface area contributed by atoms with Crippen molar-refractivity contribution in [1.29, 1.82) is 0 Å². The lowest BCUT2D eigenvalue weighted by atomic mass is 10.2. The summed E-state index contributed by atoms with van der Waals surface area (Å²) in [5.41, 5.74) is -0.187. The Hall–Kier alpha value is -0.500. The number of alkyl halides is 2. The van der Waals surface area contributed by atoms with Crippen LogP contribution in [0.4, 0.5) is 8.78 Å². The van der Waals surface area contributed by atoms with E-state index >= 15 is 0 Å². The van der Waals surface area contributed by atoms with Crippen molar-refractivity contribution in [2.75, 3.05) is 0 Å². The summed E-state index contributed by atoms with van der Waals surface area (Å²) < 4.78 is 24.9. The number of halogens is 4. The van der Waals surface area contributed by atoms with Crippen molar-refractivity contribution in [3.05, 3.63) is 26.0 Å². The predicted molar refractivity (Wildman–Crippen MR) is 58.3 cm³/mol. The van der Waals surface area contributed by atoms with Crippen LogP contribution < -0.4 is 0 Å². The highest BCUT2D eigenvalue weighted by molar-refractivity contribution is 14.1. The van der Waals surface area contributed by atoms with Crippen LogP contribution in [0, 0.1) is 3.57 Å². The molecule has 1 heterocycles. The van der Waals surface area contributed by atoms with Crippen molar-refractivity contribution < 1.29 is 18.7 Å². The van der Waals surface area contributed by atoms with Crippen LogP contribution in [0.25, 0.3) is 0 Å². The van der Waals surface area contributed by atoms with E-state index in [-0.39, 0.29) is 26.3 Å². The third kappa shape index (κ3) is 2.97. The van der Waals surface area contributed by atoms with Crippen molar-refractivity contribution in [2.45, 2.75) is 12.8 Å². The van der Waals surface area contributed by atoms with E-state index in [1.54, 1.807) is 22.6 Å². The maximum atomic E-state index is 12.4. The van der Waals surface area contributed by atoms with E-state index in [2.05, 4.69) is 4.98 Å². The Kier molecular flexibility index (Phi) is 4.21. The number of aliphatic carboxylic acids is 1. The molecule has 0 aromatic carbocycles. The Morgan fingerprint density at radius 2 is 2.27 bits per heavy atom. The molecule has 82 valence electrons. The van der Waals surface area contributed by atoms with Gasteiger partial charge in [0.1, 0.15) is 0 Å². The minimum atomic E-state index is -2.67. The first-order valence-corrected chi connectivity index (χ1v) is 5.22. The molecule has 0 radical (unpaired) electrons. The second kappa shape index (κ2) is 5.02. The molecule has 0 amide bonds. The van der Waals surface area contributed by atoms with Gasteiger partial charge < -0.3 is 5.11 Å².